The molecule has 1 aliphatic rings. The lowest BCUT2D eigenvalue weighted by Gasteiger charge is -2.18. The van der Waals surface area contributed by atoms with Crippen LogP contribution in [0.25, 0.3) is 0 Å². The number of carbonyl (C=O) groups excluding carboxylic acids is 3. The van der Waals surface area contributed by atoms with Crippen LogP contribution in [0.5, 0.6) is 0 Å². The van der Waals surface area contributed by atoms with Gasteiger partial charge in [-0.05, 0) is 49.8 Å². The van der Waals surface area contributed by atoms with Crippen LogP contribution in [0.1, 0.15) is 57.0 Å². The van der Waals surface area contributed by atoms with Crippen molar-refractivity contribution in [1.82, 2.24) is 0 Å². The largest absolute Gasteiger partial charge is 0.462 e. The fourth-order valence-corrected chi connectivity index (χ4v) is 4.95. The van der Waals surface area contributed by atoms with Gasteiger partial charge in [0.1, 0.15) is 5.00 Å². The summed E-state index contributed by atoms with van der Waals surface area (Å²) in [7, 11) is 0. The second-order valence-corrected chi connectivity index (χ2v) is 8.55. The molecular weight excluding hydrogens is 447 g/mol. The molecule has 10 heteroatoms. The number of esters is 2. The second-order valence-electron chi connectivity index (χ2n) is 7.44. The van der Waals surface area contributed by atoms with Crippen molar-refractivity contribution in [2.24, 2.45) is 5.92 Å². The molecule has 1 amide bonds. The first-order valence-corrected chi connectivity index (χ1v) is 10.9. The molecule has 0 radical (unpaired) electrons. The van der Waals surface area contributed by atoms with E-state index >= 15 is 0 Å². The van der Waals surface area contributed by atoms with Gasteiger partial charge in [-0.2, -0.15) is 13.2 Å². The number of anilines is 1. The van der Waals surface area contributed by atoms with E-state index in [1.165, 1.54) is 17.4 Å². The fourth-order valence-electron chi connectivity index (χ4n) is 3.54. The normalized spacial score (nSPS) is 15.6. The zero-order valence-corrected chi connectivity index (χ0v) is 18.3. The number of ether oxygens (including phenoxy) is 2. The standard InChI is InChI=1S/C22H22F3NO5S/c1-3-30-21(29)18-14-9-8-12(2)10-16(14)32-19(18)26-17(27)11-31-20(28)13-6-4-5-7-15(13)22(23,24)25/h4-7,12H,3,8-11H2,1-2H3,(H,26,27)/t12-/m1/s1. The van der Waals surface area contributed by atoms with Crippen molar-refractivity contribution in [3.8, 4) is 0 Å². The van der Waals surface area contributed by atoms with Crippen molar-refractivity contribution in [2.45, 2.75) is 39.3 Å². The Labute approximate surface area is 186 Å². The van der Waals surface area contributed by atoms with Crippen molar-refractivity contribution in [3.63, 3.8) is 0 Å². The molecule has 1 N–H and O–H groups in total. The molecule has 172 valence electrons. The quantitative estimate of drug-likeness (QED) is 0.611. The van der Waals surface area contributed by atoms with Crippen LogP contribution in [0.4, 0.5) is 18.2 Å². The third-order valence-electron chi connectivity index (χ3n) is 5.03. The molecule has 1 aromatic heterocycles. The number of carbonyl (C=O) groups is 3. The van der Waals surface area contributed by atoms with Crippen LogP contribution in [0.3, 0.4) is 0 Å². The molecule has 1 aliphatic carbocycles. The molecule has 0 saturated carbocycles. The Morgan fingerprint density at radius 1 is 1.16 bits per heavy atom. The maximum absolute atomic E-state index is 13.1. The molecule has 3 rings (SSSR count). The number of hydrogen-bond acceptors (Lipinski definition) is 6. The van der Waals surface area contributed by atoms with Crippen molar-refractivity contribution in [3.05, 3.63) is 51.4 Å². The van der Waals surface area contributed by atoms with E-state index < -0.39 is 41.8 Å². The van der Waals surface area contributed by atoms with Gasteiger partial charge in [-0.25, -0.2) is 9.59 Å². The third-order valence-corrected chi connectivity index (χ3v) is 6.20. The number of fused-ring (bicyclic) bond motifs is 1. The summed E-state index contributed by atoms with van der Waals surface area (Å²) in [6.45, 7) is 3.15. The van der Waals surface area contributed by atoms with Crippen molar-refractivity contribution in [1.29, 1.82) is 0 Å². The van der Waals surface area contributed by atoms with E-state index in [0.717, 1.165) is 41.5 Å². The maximum atomic E-state index is 13.1. The molecule has 0 saturated heterocycles. The van der Waals surface area contributed by atoms with Gasteiger partial charge in [0, 0.05) is 4.88 Å². The van der Waals surface area contributed by atoms with Crippen LogP contribution in [-0.4, -0.2) is 31.1 Å². The van der Waals surface area contributed by atoms with Crippen LogP contribution in [0.15, 0.2) is 24.3 Å². The summed E-state index contributed by atoms with van der Waals surface area (Å²) < 4.78 is 49.2. The van der Waals surface area contributed by atoms with Gasteiger partial charge in [0.05, 0.1) is 23.3 Å². The molecule has 32 heavy (non-hydrogen) atoms. The Hall–Kier alpha value is -2.88. The maximum Gasteiger partial charge on any atom is 0.417 e. The summed E-state index contributed by atoms with van der Waals surface area (Å²) in [5.41, 5.74) is -0.686. The minimum atomic E-state index is -4.74. The first-order chi connectivity index (χ1) is 15.1. The van der Waals surface area contributed by atoms with E-state index in [4.69, 9.17) is 9.47 Å². The molecule has 0 spiro atoms. The van der Waals surface area contributed by atoms with Gasteiger partial charge in [-0.1, -0.05) is 19.1 Å². The average molecular weight is 469 g/mol. The van der Waals surface area contributed by atoms with Gasteiger partial charge in [-0.3, -0.25) is 4.79 Å². The topological polar surface area (TPSA) is 81.7 Å². The van der Waals surface area contributed by atoms with Gasteiger partial charge < -0.3 is 14.8 Å². The lowest BCUT2D eigenvalue weighted by molar-refractivity contribution is -0.138. The predicted octanol–water partition coefficient (Wildman–Crippen LogP) is 4.86. The van der Waals surface area contributed by atoms with Crippen molar-refractivity contribution >= 4 is 34.2 Å². The first-order valence-electron chi connectivity index (χ1n) is 10.1. The summed E-state index contributed by atoms with van der Waals surface area (Å²) in [5, 5.41) is 2.84. The number of hydrogen-bond donors (Lipinski definition) is 1. The number of thiophene rings is 1. The fraction of sp³-hybridized carbons (Fsp3) is 0.409. The highest BCUT2D eigenvalue weighted by Crippen LogP contribution is 2.40. The molecular formula is C22H22F3NO5S. The minimum Gasteiger partial charge on any atom is -0.462 e. The predicted molar refractivity (Wildman–Crippen MR) is 112 cm³/mol. The molecule has 0 unspecified atom stereocenters. The van der Waals surface area contributed by atoms with Gasteiger partial charge >= 0.3 is 18.1 Å². The van der Waals surface area contributed by atoms with Crippen LogP contribution < -0.4 is 5.32 Å². The molecule has 0 fully saturated rings. The van der Waals surface area contributed by atoms with E-state index in [-0.39, 0.29) is 6.61 Å². The van der Waals surface area contributed by atoms with Crippen LogP contribution in [0, 0.1) is 5.92 Å². The number of benzene rings is 1. The van der Waals surface area contributed by atoms with E-state index in [2.05, 4.69) is 12.2 Å². The smallest absolute Gasteiger partial charge is 0.417 e. The second kappa shape index (κ2) is 9.72. The lowest BCUT2D eigenvalue weighted by atomic mass is 9.88. The summed E-state index contributed by atoms with van der Waals surface area (Å²) in [6.07, 6.45) is -2.38. The van der Waals surface area contributed by atoms with E-state index in [1.807, 2.05) is 0 Å². The van der Waals surface area contributed by atoms with E-state index in [0.29, 0.717) is 22.9 Å². The molecule has 0 bridgehead atoms. The Morgan fingerprint density at radius 2 is 1.88 bits per heavy atom. The number of rotatable bonds is 6. The summed E-state index contributed by atoms with van der Waals surface area (Å²) in [5.74, 6) is -2.14. The van der Waals surface area contributed by atoms with Crippen molar-refractivity contribution in [2.75, 3.05) is 18.5 Å². The van der Waals surface area contributed by atoms with Crippen LogP contribution in [-0.2, 0) is 33.3 Å². The Morgan fingerprint density at radius 3 is 2.56 bits per heavy atom. The van der Waals surface area contributed by atoms with Gasteiger partial charge in [0.2, 0.25) is 0 Å². The number of amides is 1. The van der Waals surface area contributed by atoms with E-state index in [9.17, 15) is 27.6 Å². The summed E-state index contributed by atoms with van der Waals surface area (Å²) in [4.78, 5) is 38.0. The summed E-state index contributed by atoms with van der Waals surface area (Å²) in [6, 6.07) is 4.17. The van der Waals surface area contributed by atoms with Gasteiger partial charge in [0.25, 0.3) is 5.91 Å². The Kier molecular flexibility index (Phi) is 7.22. The van der Waals surface area contributed by atoms with Crippen molar-refractivity contribution < 1.29 is 37.0 Å². The minimum absolute atomic E-state index is 0.170. The Balaban J connectivity index is 1.73. The van der Waals surface area contributed by atoms with Crippen LogP contribution >= 0.6 is 11.3 Å². The average Bonchev–Trinajstić information content (AvgIpc) is 3.08. The molecule has 2 aromatic rings. The highest BCUT2D eigenvalue weighted by atomic mass is 32.1. The lowest BCUT2D eigenvalue weighted by Crippen LogP contribution is -2.23. The number of alkyl halides is 3. The highest BCUT2D eigenvalue weighted by molar-refractivity contribution is 7.17. The monoisotopic (exact) mass is 469 g/mol. The molecule has 6 nitrogen and oxygen atoms in total. The Bertz CT molecular complexity index is 1030. The highest BCUT2D eigenvalue weighted by Gasteiger charge is 2.35. The molecule has 1 atom stereocenters. The van der Waals surface area contributed by atoms with Gasteiger partial charge in [0.15, 0.2) is 6.61 Å². The van der Waals surface area contributed by atoms with Crippen LogP contribution in [0.2, 0.25) is 0 Å². The van der Waals surface area contributed by atoms with E-state index in [1.54, 1.807) is 6.92 Å². The molecule has 0 aliphatic heterocycles. The number of nitrogens with one attached hydrogen (secondary N) is 1. The first kappa shape index (κ1) is 23.8. The zero-order chi connectivity index (χ0) is 23.5. The zero-order valence-electron chi connectivity index (χ0n) is 17.5. The number of halogens is 3. The molecule has 1 heterocycles. The SMILES string of the molecule is CCOC(=O)c1c(NC(=O)COC(=O)c2ccccc2C(F)(F)F)sc2c1CC[C@@H](C)C2. The third kappa shape index (κ3) is 5.29. The van der Waals surface area contributed by atoms with Gasteiger partial charge in [-0.15, -0.1) is 11.3 Å². The summed E-state index contributed by atoms with van der Waals surface area (Å²) >= 11 is 1.26. The molecule has 1 aromatic carbocycles.